The van der Waals surface area contributed by atoms with E-state index >= 15 is 0 Å². The van der Waals surface area contributed by atoms with Gasteiger partial charge in [0.05, 0.1) is 7.05 Å². The summed E-state index contributed by atoms with van der Waals surface area (Å²) < 4.78 is 3.81. The minimum atomic E-state index is 0.0965. The fourth-order valence-corrected chi connectivity index (χ4v) is 0.689. The number of hydrogen-bond donors (Lipinski definition) is 1. The molecule has 3 nitrogen and oxygen atoms in total. The zero-order chi connectivity index (χ0) is 6.31. The first-order valence-electron chi connectivity index (χ1n) is 2.13. The summed E-state index contributed by atoms with van der Waals surface area (Å²) >= 11 is 5.42. The van der Waals surface area contributed by atoms with E-state index in [1.54, 1.807) is 14.2 Å². The van der Waals surface area contributed by atoms with Gasteiger partial charge in [-0.25, -0.2) is 0 Å². The summed E-state index contributed by atoms with van der Waals surface area (Å²) in [6, 6.07) is 0. The lowest BCUT2D eigenvalue weighted by Gasteiger charge is -2.10. The standard InChI is InChI=1S/C4H6ClNO2/c1-6-4(7)3(5)8(6)2/h1-2H3/p+1. The van der Waals surface area contributed by atoms with Crippen LogP contribution < -0.4 is 0 Å². The Hall–Kier alpha value is -0.570. The van der Waals surface area contributed by atoms with Crippen molar-refractivity contribution in [1.82, 2.24) is 4.74 Å². The predicted octanol–water partition coefficient (Wildman–Crippen LogP) is 1.20. The molecule has 8 heavy (non-hydrogen) atoms. The van der Waals surface area contributed by atoms with Crippen molar-refractivity contribution in [3.8, 4) is 5.88 Å². The molecule has 0 saturated heterocycles. The Morgan fingerprint density at radius 1 is 1.75 bits per heavy atom. The Bertz CT molecular complexity index is 144. The van der Waals surface area contributed by atoms with E-state index in [9.17, 15) is 0 Å². The molecule has 46 valence electrons. The Labute approximate surface area is 51.7 Å². The monoisotopic (exact) mass is 136 g/mol. The molecular formula is C4H7ClNO2+. The highest BCUT2D eigenvalue weighted by atomic mass is 35.5. The minimum absolute atomic E-state index is 0.0965. The van der Waals surface area contributed by atoms with Crippen molar-refractivity contribution < 1.29 is 9.26 Å². The molecule has 1 aromatic heterocycles. The molecule has 0 aliphatic rings. The van der Waals surface area contributed by atoms with Gasteiger partial charge in [0.2, 0.25) is 0 Å². The molecule has 0 unspecified atom stereocenters. The highest BCUT2D eigenvalue weighted by Crippen LogP contribution is 2.30. The van der Waals surface area contributed by atoms with Crippen molar-refractivity contribution in [3.05, 3.63) is 5.22 Å². The van der Waals surface area contributed by atoms with Crippen LogP contribution in [0.2, 0.25) is 5.22 Å². The summed E-state index contributed by atoms with van der Waals surface area (Å²) in [5, 5.41) is 9.08. The number of nitrogens with zero attached hydrogens (tertiary/aromatic N) is 1. The summed E-state index contributed by atoms with van der Waals surface area (Å²) in [5.41, 5.74) is 0. The normalized spacial score (nSPS) is 10.4. The van der Waals surface area contributed by atoms with Crippen LogP contribution in [0.4, 0.5) is 0 Å². The maximum Gasteiger partial charge on any atom is 0.430 e. The fourth-order valence-electron chi connectivity index (χ4n) is 0.467. The van der Waals surface area contributed by atoms with E-state index in [1.807, 2.05) is 0 Å². The number of rotatable bonds is 0. The molecule has 0 amide bonds. The van der Waals surface area contributed by atoms with Gasteiger partial charge < -0.3 is 9.26 Å². The van der Waals surface area contributed by atoms with Crippen molar-refractivity contribution in [2.45, 2.75) is 0 Å². The zero-order valence-corrected chi connectivity index (χ0v) is 5.44. The van der Waals surface area contributed by atoms with Crippen LogP contribution in [0.15, 0.2) is 4.15 Å². The zero-order valence-electron chi connectivity index (χ0n) is 4.68. The lowest BCUT2D eigenvalue weighted by Crippen LogP contribution is -2.04. The van der Waals surface area contributed by atoms with Crippen LogP contribution in [-0.2, 0) is 14.2 Å². The second-order valence-corrected chi connectivity index (χ2v) is 1.92. The van der Waals surface area contributed by atoms with Gasteiger partial charge in [-0.1, -0.05) is 4.74 Å². The van der Waals surface area contributed by atoms with E-state index in [0.29, 0.717) is 5.22 Å². The van der Waals surface area contributed by atoms with Crippen LogP contribution in [0.1, 0.15) is 0 Å². The number of aromatic nitrogens is 1. The summed E-state index contributed by atoms with van der Waals surface area (Å²) in [7, 11) is 3.37. The Morgan fingerprint density at radius 3 is 2.38 bits per heavy atom. The van der Waals surface area contributed by atoms with E-state index < -0.39 is 0 Å². The Morgan fingerprint density at radius 2 is 2.25 bits per heavy atom. The van der Waals surface area contributed by atoms with Crippen molar-refractivity contribution in [2.24, 2.45) is 14.2 Å². The van der Waals surface area contributed by atoms with Gasteiger partial charge in [-0.15, -0.1) is 0 Å². The van der Waals surface area contributed by atoms with Crippen molar-refractivity contribution in [2.75, 3.05) is 0 Å². The Balaban J connectivity index is 3.05. The minimum Gasteiger partial charge on any atom is -0.482 e. The van der Waals surface area contributed by atoms with Crippen LogP contribution in [-0.4, -0.2) is 9.85 Å². The van der Waals surface area contributed by atoms with Gasteiger partial charge in [0.15, 0.2) is 7.11 Å². The molecule has 4 heteroatoms. The average Bonchev–Trinajstić information content (AvgIpc) is 1.83. The molecule has 0 aromatic carbocycles. The van der Waals surface area contributed by atoms with Gasteiger partial charge in [-0.2, -0.15) is 0 Å². The number of hydrogen-bond acceptors (Lipinski definition) is 1. The molecule has 0 aliphatic carbocycles. The van der Waals surface area contributed by atoms with Crippen LogP contribution in [0.5, 0.6) is 5.88 Å². The summed E-state index contributed by atoms with van der Waals surface area (Å²) in [6.45, 7) is 0. The molecule has 1 rings (SSSR count). The topological polar surface area (TPSA) is 27.9 Å². The van der Waals surface area contributed by atoms with Crippen molar-refractivity contribution in [1.29, 1.82) is 0 Å². The molecule has 0 radical (unpaired) electrons. The van der Waals surface area contributed by atoms with Crippen LogP contribution in [0, 0.1) is 0 Å². The van der Waals surface area contributed by atoms with Crippen LogP contribution in [0.3, 0.4) is 0 Å². The molecule has 0 atom stereocenters. The Kier molecular flexibility index (Phi) is 1.01. The second kappa shape index (κ2) is 1.45. The molecule has 0 spiro atoms. The average molecular weight is 137 g/mol. The van der Waals surface area contributed by atoms with Gasteiger partial charge in [0, 0.05) is 11.6 Å². The first-order valence-corrected chi connectivity index (χ1v) is 2.51. The van der Waals surface area contributed by atoms with Gasteiger partial charge >= 0.3 is 11.1 Å². The first kappa shape index (κ1) is 5.56. The van der Waals surface area contributed by atoms with E-state index in [0.717, 1.165) is 0 Å². The van der Waals surface area contributed by atoms with E-state index in [2.05, 4.69) is 4.15 Å². The van der Waals surface area contributed by atoms with Crippen LogP contribution in [0.25, 0.3) is 0 Å². The second-order valence-electron chi connectivity index (χ2n) is 1.57. The fraction of sp³-hybridized carbons (Fsp3) is 0.500. The van der Waals surface area contributed by atoms with E-state index in [1.165, 1.54) is 4.74 Å². The molecule has 0 fully saturated rings. The predicted molar refractivity (Wildman–Crippen MR) is 29.9 cm³/mol. The highest BCUT2D eigenvalue weighted by molar-refractivity contribution is 6.30. The SMILES string of the molecule is Cn1c(O)c(Cl)[o+]1C. The molecule has 1 aromatic rings. The van der Waals surface area contributed by atoms with Gasteiger partial charge in [0.1, 0.15) is 0 Å². The molecule has 0 aliphatic heterocycles. The first-order chi connectivity index (χ1) is 3.64. The third-order valence-electron chi connectivity index (χ3n) is 1.14. The lowest BCUT2D eigenvalue weighted by atomic mass is 10.8. The summed E-state index contributed by atoms with van der Waals surface area (Å²) in [4.78, 5) is 0. The van der Waals surface area contributed by atoms with Crippen molar-refractivity contribution >= 4 is 11.6 Å². The highest BCUT2D eigenvalue weighted by Gasteiger charge is 2.22. The summed E-state index contributed by atoms with van der Waals surface area (Å²) in [5.74, 6) is 0.0965. The smallest absolute Gasteiger partial charge is 0.430 e. The van der Waals surface area contributed by atoms with Gasteiger partial charge in [-0.3, -0.25) is 0 Å². The molecule has 0 saturated carbocycles. The molecule has 1 heterocycles. The van der Waals surface area contributed by atoms with Crippen molar-refractivity contribution in [3.63, 3.8) is 0 Å². The van der Waals surface area contributed by atoms with Gasteiger partial charge in [-0.05, 0) is 0 Å². The molecule has 1 N–H and O–H groups in total. The van der Waals surface area contributed by atoms with Gasteiger partial charge in [0.25, 0.3) is 0 Å². The molecule has 0 bridgehead atoms. The number of aromatic hydroxyl groups is 1. The third-order valence-corrected chi connectivity index (χ3v) is 1.54. The molecular weight excluding hydrogens is 130 g/mol. The third kappa shape index (κ3) is 0.448. The maximum absolute atomic E-state index is 8.77. The quantitative estimate of drug-likeness (QED) is 0.534. The lowest BCUT2D eigenvalue weighted by molar-refractivity contribution is -0.0324. The summed E-state index contributed by atoms with van der Waals surface area (Å²) in [6.07, 6.45) is 0. The maximum atomic E-state index is 8.77. The van der Waals surface area contributed by atoms with Crippen LogP contribution >= 0.6 is 11.6 Å². The van der Waals surface area contributed by atoms with E-state index in [4.69, 9.17) is 16.7 Å². The number of halogens is 1. The van der Waals surface area contributed by atoms with E-state index in [-0.39, 0.29) is 5.88 Å². The largest absolute Gasteiger partial charge is 0.482 e.